The highest BCUT2D eigenvalue weighted by Gasteiger charge is 2.19. The quantitative estimate of drug-likeness (QED) is 0.101. The van der Waals surface area contributed by atoms with Gasteiger partial charge in [0.1, 0.15) is 0 Å². The van der Waals surface area contributed by atoms with Crippen molar-refractivity contribution in [1.29, 1.82) is 0 Å². The SMILES string of the molecule is CCCCCCCCCCCCc1cc(C(C)C)sc1-c1sc(C(C)C)cc1CCCCCCCCCCCC. The summed E-state index contributed by atoms with van der Waals surface area (Å²) in [5, 5.41) is 0. The monoisotopic (exact) mass is 586 g/mol. The lowest BCUT2D eigenvalue weighted by Gasteiger charge is -2.07. The van der Waals surface area contributed by atoms with Gasteiger partial charge in [0, 0.05) is 19.5 Å². The molecule has 0 aromatic carbocycles. The minimum Gasteiger partial charge on any atom is -0.139 e. The van der Waals surface area contributed by atoms with Crippen molar-refractivity contribution in [2.75, 3.05) is 0 Å². The van der Waals surface area contributed by atoms with Crippen molar-refractivity contribution < 1.29 is 0 Å². The number of hydrogen-bond donors (Lipinski definition) is 0. The van der Waals surface area contributed by atoms with E-state index < -0.39 is 0 Å². The van der Waals surface area contributed by atoms with E-state index in [9.17, 15) is 0 Å². The van der Waals surface area contributed by atoms with E-state index in [-0.39, 0.29) is 0 Å². The van der Waals surface area contributed by atoms with E-state index in [0.717, 1.165) is 0 Å². The third kappa shape index (κ3) is 14.0. The molecule has 0 radical (unpaired) electrons. The largest absolute Gasteiger partial charge is 0.139 e. The van der Waals surface area contributed by atoms with Crippen LogP contribution in [0.2, 0.25) is 0 Å². The molecule has 0 fully saturated rings. The topological polar surface area (TPSA) is 0 Å². The Bertz CT molecular complexity index is 796. The van der Waals surface area contributed by atoms with Crippen LogP contribution in [0.4, 0.5) is 0 Å². The van der Waals surface area contributed by atoms with Crippen LogP contribution in [-0.4, -0.2) is 0 Å². The first-order chi connectivity index (χ1) is 19.5. The zero-order valence-corrected chi connectivity index (χ0v) is 29.3. The maximum absolute atomic E-state index is 2.58. The Morgan fingerprint density at radius 3 is 0.975 bits per heavy atom. The molecule has 0 nitrogen and oxygen atoms in total. The first-order valence-electron chi connectivity index (χ1n) is 17.7. The molecule has 0 unspecified atom stereocenters. The van der Waals surface area contributed by atoms with Crippen LogP contribution >= 0.6 is 22.7 Å². The fraction of sp³-hybridized carbons (Fsp3) is 0.789. The summed E-state index contributed by atoms with van der Waals surface area (Å²) < 4.78 is 0. The lowest BCUT2D eigenvalue weighted by molar-refractivity contribution is 0.556. The highest BCUT2D eigenvalue weighted by atomic mass is 32.1. The van der Waals surface area contributed by atoms with Crippen LogP contribution < -0.4 is 0 Å². The van der Waals surface area contributed by atoms with E-state index >= 15 is 0 Å². The molecule has 0 aliphatic rings. The predicted molar refractivity (Wildman–Crippen MR) is 187 cm³/mol. The zero-order valence-electron chi connectivity index (χ0n) is 27.7. The molecule has 2 heterocycles. The van der Waals surface area contributed by atoms with Gasteiger partial charge in [0.05, 0.1) is 0 Å². The molecule has 0 saturated heterocycles. The van der Waals surface area contributed by atoms with Gasteiger partial charge in [-0.25, -0.2) is 0 Å². The number of thiophene rings is 2. The van der Waals surface area contributed by atoms with Crippen molar-refractivity contribution in [1.82, 2.24) is 0 Å². The molecular weight excluding hydrogens is 521 g/mol. The minimum absolute atomic E-state index is 0.625. The summed E-state index contributed by atoms with van der Waals surface area (Å²) in [5.41, 5.74) is 3.30. The average Bonchev–Trinajstić information content (AvgIpc) is 3.55. The van der Waals surface area contributed by atoms with E-state index in [4.69, 9.17) is 0 Å². The lowest BCUT2D eigenvalue weighted by atomic mass is 10.00. The Hall–Kier alpha value is -0.600. The van der Waals surface area contributed by atoms with Crippen LogP contribution in [0.5, 0.6) is 0 Å². The van der Waals surface area contributed by atoms with Crippen LogP contribution in [0.15, 0.2) is 12.1 Å². The summed E-state index contributed by atoms with van der Waals surface area (Å²) in [6.07, 6.45) is 30.9. The Kier molecular flexibility index (Phi) is 19.6. The minimum atomic E-state index is 0.625. The summed E-state index contributed by atoms with van der Waals surface area (Å²) >= 11 is 4.22. The summed E-state index contributed by atoms with van der Waals surface area (Å²) in [6, 6.07) is 5.16. The van der Waals surface area contributed by atoms with Gasteiger partial charge in [0.15, 0.2) is 0 Å². The highest BCUT2D eigenvalue weighted by Crippen LogP contribution is 2.44. The molecule has 0 aliphatic carbocycles. The fourth-order valence-corrected chi connectivity index (χ4v) is 8.46. The predicted octanol–water partition coefficient (Wildman–Crippen LogP) is 14.7. The standard InChI is InChI=1S/C38H66S2/c1-7-9-11-13-15-17-19-21-23-25-27-33-29-35(31(3)4)39-37(33)38-34(30-36(40-38)32(5)6)28-26-24-22-20-18-16-14-12-10-8-2/h29-32H,7-28H2,1-6H3. The molecule has 0 N–H and O–H groups in total. The number of hydrogen-bond acceptors (Lipinski definition) is 2. The Morgan fingerprint density at radius 1 is 0.425 bits per heavy atom. The van der Waals surface area contributed by atoms with Crippen LogP contribution in [0, 0.1) is 0 Å². The molecule has 0 spiro atoms. The number of rotatable bonds is 25. The van der Waals surface area contributed by atoms with E-state index in [0.29, 0.717) is 11.8 Å². The smallest absolute Gasteiger partial charge is 0.0480 e. The van der Waals surface area contributed by atoms with Gasteiger partial charge in [0.25, 0.3) is 0 Å². The molecule has 2 heteroatoms. The lowest BCUT2D eigenvalue weighted by Crippen LogP contribution is -1.90. The van der Waals surface area contributed by atoms with Crippen LogP contribution in [0.25, 0.3) is 9.75 Å². The van der Waals surface area contributed by atoms with Crippen molar-refractivity contribution in [3.05, 3.63) is 33.0 Å². The molecule has 0 amide bonds. The molecule has 40 heavy (non-hydrogen) atoms. The normalized spacial score (nSPS) is 11.9. The number of unbranched alkanes of at least 4 members (excludes halogenated alkanes) is 18. The van der Waals surface area contributed by atoms with Gasteiger partial charge in [-0.3, -0.25) is 0 Å². The fourth-order valence-electron chi connectivity index (χ4n) is 5.83. The van der Waals surface area contributed by atoms with Crippen molar-refractivity contribution in [2.24, 2.45) is 0 Å². The Morgan fingerprint density at radius 2 is 0.700 bits per heavy atom. The van der Waals surface area contributed by atoms with E-state index in [1.165, 1.54) is 141 Å². The molecule has 0 saturated carbocycles. The zero-order chi connectivity index (χ0) is 29.0. The molecular formula is C38H66S2. The summed E-state index contributed by atoms with van der Waals surface area (Å²) in [6.45, 7) is 14.1. The first-order valence-corrected chi connectivity index (χ1v) is 19.4. The summed E-state index contributed by atoms with van der Waals surface area (Å²) in [5.74, 6) is 1.25. The molecule has 2 aromatic rings. The van der Waals surface area contributed by atoms with Gasteiger partial charge in [-0.05, 0) is 60.8 Å². The van der Waals surface area contributed by atoms with Gasteiger partial charge < -0.3 is 0 Å². The second-order valence-electron chi connectivity index (χ2n) is 13.2. The molecule has 0 atom stereocenters. The average molecular weight is 587 g/mol. The summed E-state index contributed by atoms with van der Waals surface area (Å²) in [4.78, 5) is 6.42. The molecule has 0 aliphatic heterocycles. The number of aryl methyl sites for hydroxylation is 2. The third-order valence-electron chi connectivity index (χ3n) is 8.60. The Labute approximate surface area is 259 Å². The van der Waals surface area contributed by atoms with Crippen molar-refractivity contribution in [3.63, 3.8) is 0 Å². The van der Waals surface area contributed by atoms with Crippen molar-refractivity contribution in [3.8, 4) is 9.75 Å². The molecule has 2 aromatic heterocycles. The van der Waals surface area contributed by atoms with Gasteiger partial charge in [-0.1, -0.05) is 157 Å². The summed E-state index contributed by atoms with van der Waals surface area (Å²) in [7, 11) is 0. The van der Waals surface area contributed by atoms with E-state index in [1.807, 2.05) is 0 Å². The van der Waals surface area contributed by atoms with Gasteiger partial charge in [-0.15, -0.1) is 22.7 Å². The second-order valence-corrected chi connectivity index (χ2v) is 15.3. The van der Waals surface area contributed by atoms with Crippen LogP contribution in [0.3, 0.4) is 0 Å². The van der Waals surface area contributed by atoms with E-state index in [2.05, 4.69) is 76.3 Å². The maximum Gasteiger partial charge on any atom is 0.0480 e. The van der Waals surface area contributed by atoms with Crippen LogP contribution in [-0.2, 0) is 12.8 Å². The van der Waals surface area contributed by atoms with Gasteiger partial charge in [-0.2, -0.15) is 0 Å². The van der Waals surface area contributed by atoms with Gasteiger partial charge in [0.2, 0.25) is 0 Å². The van der Waals surface area contributed by atoms with E-state index in [1.54, 1.807) is 30.6 Å². The van der Waals surface area contributed by atoms with Gasteiger partial charge >= 0.3 is 0 Å². The third-order valence-corrected chi connectivity index (χ3v) is 11.7. The molecule has 230 valence electrons. The first kappa shape index (κ1) is 35.6. The van der Waals surface area contributed by atoms with Crippen LogP contribution in [0.1, 0.15) is 203 Å². The van der Waals surface area contributed by atoms with Crippen molar-refractivity contribution in [2.45, 2.75) is 195 Å². The second kappa shape index (κ2) is 22.0. The highest BCUT2D eigenvalue weighted by molar-refractivity contribution is 7.22. The van der Waals surface area contributed by atoms with Crippen molar-refractivity contribution >= 4 is 22.7 Å². The molecule has 2 rings (SSSR count). The maximum atomic E-state index is 2.58. The molecule has 0 bridgehead atoms. The Balaban J connectivity index is 1.90.